The Morgan fingerprint density at radius 2 is 1.67 bits per heavy atom. The highest BCUT2D eigenvalue weighted by atomic mass is 35.5. The average molecular weight is 386 g/mol. The Morgan fingerprint density at radius 1 is 1.00 bits per heavy atom. The van der Waals surface area contributed by atoms with Gasteiger partial charge in [0.25, 0.3) is 0 Å². The van der Waals surface area contributed by atoms with Crippen LogP contribution in [0.1, 0.15) is 5.56 Å². The zero-order valence-corrected chi connectivity index (χ0v) is 15.4. The second kappa shape index (κ2) is 7.42. The molecule has 1 saturated heterocycles. The van der Waals surface area contributed by atoms with Crippen molar-refractivity contribution in [3.05, 3.63) is 64.1 Å². The van der Waals surface area contributed by atoms with Gasteiger partial charge in [0.1, 0.15) is 11.4 Å². The van der Waals surface area contributed by atoms with Gasteiger partial charge in [-0.2, -0.15) is 4.31 Å². The van der Waals surface area contributed by atoms with Crippen molar-refractivity contribution in [2.24, 2.45) is 0 Å². The van der Waals surface area contributed by atoms with Gasteiger partial charge in [-0.1, -0.05) is 53.5 Å². The molecule has 7 heteroatoms. The fourth-order valence-corrected chi connectivity index (χ4v) is 5.12. The third-order valence-corrected chi connectivity index (χ3v) is 6.85. The van der Waals surface area contributed by atoms with Crippen LogP contribution >= 0.6 is 23.2 Å². The third-order valence-electron chi connectivity index (χ3n) is 4.24. The van der Waals surface area contributed by atoms with Gasteiger partial charge in [-0.15, -0.1) is 0 Å². The Bertz CT molecular complexity index is 805. The van der Waals surface area contributed by atoms with Crippen LogP contribution in [-0.2, 0) is 16.6 Å². The molecule has 0 atom stereocenters. The number of sulfonamides is 1. The minimum Gasteiger partial charge on any atom is -0.329 e. The van der Waals surface area contributed by atoms with Crippen LogP contribution in [0.5, 0.6) is 0 Å². The largest absolute Gasteiger partial charge is 0.329 e. The zero-order valence-electron chi connectivity index (χ0n) is 13.1. The molecule has 0 unspecified atom stereocenters. The smallest absolute Gasteiger partial charge is 0.244 e. The van der Waals surface area contributed by atoms with Gasteiger partial charge in [0.05, 0.1) is 31.2 Å². The van der Waals surface area contributed by atoms with Crippen LogP contribution in [0.2, 0.25) is 10.0 Å². The SMILES string of the molecule is O=S(=O)(c1ccc(Cl)cc1Cl)N1CC[NH+](Cc2ccccc2)CC1. The second-order valence-corrected chi connectivity index (χ2v) is 8.64. The minimum absolute atomic E-state index is 0.125. The number of piperazine rings is 1. The molecule has 1 aliphatic rings. The Balaban J connectivity index is 1.67. The first-order valence-electron chi connectivity index (χ1n) is 7.79. The number of nitrogens with one attached hydrogen (secondary N) is 1. The number of rotatable bonds is 4. The molecule has 3 rings (SSSR count). The maximum Gasteiger partial charge on any atom is 0.244 e. The van der Waals surface area contributed by atoms with Crippen LogP contribution in [-0.4, -0.2) is 38.9 Å². The lowest BCUT2D eigenvalue weighted by Crippen LogP contribution is -3.13. The molecule has 0 bridgehead atoms. The molecule has 1 heterocycles. The van der Waals surface area contributed by atoms with E-state index in [2.05, 4.69) is 12.1 Å². The molecule has 1 aliphatic heterocycles. The first-order chi connectivity index (χ1) is 11.5. The van der Waals surface area contributed by atoms with E-state index in [9.17, 15) is 8.42 Å². The molecule has 0 radical (unpaired) electrons. The molecule has 1 fully saturated rings. The molecule has 24 heavy (non-hydrogen) atoms. The summed E-state index contributed by atoms with van der Waals surface area (Å²) in [6, 6.07) is 14.7. The fraction of sp³-hybridized carbons (Fsp3) is 0.294. The summed E-state index contributed by atoms with van der Waals surface area (Å²) in [5.41, 5.74) is 1.27. The van der Waals surface area contributed by atoms with Gasteiger partial charge in [-0.25, -0.2) is 8.42 Å². The predicted molar refractivity (Wildman–Crippen MR) is 96.1 cm³/mol. The average Bonchev–Trinajstić information content (AvgIpc) is 2.56. The summed E-state index contributed by atoms with van der Waals surface area (Å²) in [6.07, 6.45) is 0. The normalized spacial score (nSPS) is 17.1. The summed E-state index contributed by atoms with van der Waals surface area (Å²) in [5, 5.41) is 0.595. The summed E-state index contributed by atoms with van der Waals surface area (Å²) in [5.74, 6) is 0. The highest BCUT2D eigenvalue weighted by molar-refractivity contribution is 7.89. The maximum atomic E-state index is 12.8. The van der Waals surface area contributed by atoms with Gasteiger partial charge < -0.3 is 4.90 Å². The standard InChI is InChI=1S/C17H18Cl2N2O2S/c18-15-6-7-17(16(19)12-15)24(22,23)21-10-8-20(9-11-21)13-14-4-2-1-3-5-14/h1-7,12H,8-11,13H2/p+1. The van der Waals surface area contributed by atoms with E-state index in [0.29, 0.717) is 18.1 Å². The summed E-state index contributed by atoms with van der Waals surface area (Å²) < 4.78 is 27.1. The Hall–Kier alpha value is -1.11. The van der Waals surface area contributed by atoms with E-state index in [0.717, 1.165) is 19.6 Å². The molecule has 2 aromatic carbocycles. The molecule has 0 aliphatic carbocycles. The molecular formula is C17H19Cl2N2O2S+. The van der Waals surface area contributed by atoms with Crippen molar-refractivity contribution in [1.82, 2.24) is 4.31 Å². The lowest BCUT2D eigenvalue weighted by molar-refractivity contribution is -0.917. The summed E-state index contributed by atoms with van der Waals surface area (Å²) in [4.78, 5) is 1.51. The highest BCUT2D eigenvalue weighted by Crippen LogP contribution is 2.27. The first kappa shape index (κ1) is 17.7. The number of nitrogens with zero attached hydrogens (tertiary/aromatic N) is 1. The number of benzene rings is 2. The molecule has 4 nitrogen and oxygen atoms in total. The van der Waals surface area contributed by atoms with E-state index >= 15 is 0 Å². The van der Waals surface area contributed by atoms with Crippen molar-refractivity contribution in [3.63, 3.8) is 0 Å². The fourth-order valence-electron chi connectivity index (χ4n) is 2.93. The van der Waals surface area contributed by atoms with Crippen LogP contribution in [0, 0.1) is 0 Å². The van der Waals surface area contributed by atoms with Crippen molar-refractivity contribution >= 4 is 33.2 Å². The van der Waals surface area contributed by atoms with Gasteiger partial charge in [0, 0.05) is 10.6 Å². The van der Waals surface area contributed by atoms with E-state index in [1.54, 1.807) is 6.07 Å². The van der Waals surface area contributed by atoms with Crippen molar-refractivity contribution in [3.8, 4) is 0 Å². The van der Waals surface area contributed by atoms with Gasteiger partial charge in [-0.05, 0) is 18.2 Å². The van der Waals surface area contributed by atoms with Gasteiger partial charge >= 0.3 is 0 Å². The minimum atomic E-state index is -3.58. The Labute approximate surface area is 152 Å². The molecule has 0 aromatic heterocycles. The molecule has 2 aromatic rings. The summed E-state index contributed by atoms with van der Waals surface area (Å²) in [6.45, 7) is 3.45. The molecule has 128 valence electrons. The van der Waals surface area contributed by atoms with Crippen LogP contribution in [0.4, 0.5) is 0 Å². The van der Waals surface area contributed by atoms with Crippen molar-refractivity contribution in [2.45, 2.75) is 11.4 Å². The zero-order chi connectivity index (χ0) is 17.2. The monoisotopic (exact) mass is 385 g/mol. The molecule has 1 N–H and O–H groups in total. The summed E-state index contributed by atoms with van der Waals surface area (Å²) >= 11 is 11.9. The second-order valence-electron chi connectivity index (χ2n) is 5.89. The van der Waals surface area contributed by atoms with E-state index in [4.69, 9.17) is 23.2 Å². The van der Waals surface area contributed by atoms with Crippen LogP contribution < -0.4 is 4.90 Å². The third kappa shape index (κ3) is 3.92. The van der Waals surface area contributed by atoms with Crippen molar-refractivity contribution < 1.29 is 13.3 Å². The van der Waals surface area contributed by atoms with Gasteiger partial charge in [0.15, 0.2) is 0 Å². The highest BCUT2D eigenvalue weighted by Gasteiger charge is 2.31. The summed E-state index contributed by atoms with van der Waals surface area (Å²) in [7, 11) is -3.58. The Morgan fingerprint density at radius 3 is 2.29 bits per heavy atom. The number of halogens is 2. The van der Waals surface area contributed by atoms with Gasteiger partial charge in [-0.3, -0.25) is 0 Å². The molecule has 0 saturated carbocycles. The lowest BCUT2D eigenvalue weighted by atomic mass is 10.2. The van der Waals surface area contributed by atoms with Crippen molar-refractivity contribution in [1.29, 1.82) is 0 Å². The molecular weight excluding hydrogens is 367 g/mol. The van der Waals surface area contributed by atoms with Crippen LogP contribution in [0.15, 0.2) is 53.4 Å². The van der Waals surface area contributed by atoms with Crippen LogP contribution in [0.3, 0.4) is 0 Å². The number of quaternary nitrogens is 1. The molecule has 0 amide bonds. The van der Waals surface area contributed by atoms with E-state index in [1.807, 2.05) is 18.2 Å². The van der Waals surface area contributed by atoms with E-state index in [-0.39, 0.29) is 9.92 Å². The van der Waals surface area contributed by atoms with E-state index < -0.39 is 10.0 Å². The Kier molecular flexibility index (Phi) is 5.47. The van der Waals surface area contributed by atoms with Crippen LogP contribution in [0.25, 0.3) is 0 Å². The predicted octanol–water partition coefficient (Wildman–Crippen LogP) is 2.08. The number of hydrogen-bond donors (Lipinski definition) is 1. The van der Waals surface area contributed by atoms with Gasteiger partial charge in [0.2, 0.25) is 10.0 Å². The maximum absolute atomic E-state index is 12.8. The quantitative estimate of drug-likeness (QED) is 0.875. The number of hydrogen-bond acceptors (Lipinski definition) is 2. The first-order valence-corrected chi connectivity index (χ1v) is 9.99. The topological polar surface area (TPSA) is 41.8 Å². The molecule has 0 spiro atoms. The van der Waals surface area contributed by atoms with E-state index in [1.165, 1.54) is 26.9 Å². The lowest BCUT2D eigenvalue weighted by Gasteiger charge is -2.31. The van der Waals surface area contributed by atoms with Crippen molar-refractivity contribution in [2.75, 3.05) is 26.2 Å².